The molecule has 1 saturated carbocycles. The van der Waals surface area contributed by atoms with Crippen molar-refractivity contribution in [3.8, 4) is 0 Å². The minimum Gasteiger partial charge on any atom is -0.466 e. The molecule has 0 aromatic carbocycles. The Balaban J connectivity index is 1.90. The molecular weight excluding hydrogens is 296 g/mol. The summed E-state index contributed by atoms with van der Waals surface area (Å²) in [6.07, 6.45) is 3.22. The molecule has 2 N–H and O–H groups in total. The average molecular weight is 320 g/mol. The standard InChI is InChI=1S/C13H24N2O5S/c1-2-20-12(17)11-4-8-15(9-5-11)21(18,19)14-13(10-16)6-3-7-13/h11,14,16H,2-10H2,1H3. The molecule has 1 aliphatic carbocycles. The van der Waals surface area contributed by atoms with Crippen molar-refractivity contribution in [2.75, 3.05) is 26.3 Å². The van der Waals surface area contributed by atoms with E-state index in [1.54, 1.807) is 6.92 Å². The van der Waals surface area contributed by atoms with Crippen LogP contribution in [-0.4, -0.2) is 55.6 Å². The number of esters is 1. The molecule has 0 aromatic heterocycles. The second-order valence-corrected chi connectivity index (χ2v) is 7.50. The summed E-state index contributed by atoms with van der Waals surface area (Å²) in [5, 5.41) is 9.37. The summed E-state index contributed by atoms with van der Waals surface area (Å²) in [7, 11) is -3.60. The Morgan fingerprint density at radius 3 is 2.43 bits per heavy atom. The normalized spacial score (nSPS) is 23.5. The predicted octanol–water partition coefficient (Wildman–Crippen LogP) is 0.0109. The number of aliphatic hydroxyl groups is 1. The summed E-state index contributed by atoms with van der Waals surface area (Å²) < 4.78 is 33.6. The zero-order chi connectivity index (χ0) is 15.5. The van der Waals surface area contributed by atoms with Gasteiger partial charge in [-0.25, -0.2) is 0 Å². The summed E-state index contributed by atoms with van der Waals surface area (Å²) in [4.78, 5) is 11.6. The Kier molecular flexibility index (Phi) is 5.24. The smallest absolute Gasteiger partial charge is 0.309 e. The Labute approximate surface area is 125 Å². The molecule has 0 aromatic rings. The number of ether oxygens (including phenoxy) is 1. The van der Waals surface area contributed by atoms with Crippen molar-refractivity contribution in [2.24, 2.45) is 5.92 Å². The Bertz CT molecular complexity index is 461. The van der Waals surface area contributed by atoms with Crippen LogP contribution in [-0.2, 0) is 19.7 Å². The summed E-state index contributed by atoms with van der Waals surface area (Å²) in [5.41, 5.74) is -0.684. The van der Waals surface area contributed by atoms with E-state index in [2.05, 4.69) is 4.72 Å². The van der Waals surface area contributed by atoms with Gasteiger partial charge < -0.3 is 9.84 Å². The highest BCUT2D eigenvalue weighted by Gasteiger charge is 2.42. The Morgan fingerprint density at radius 2 is 2.00 bits per heavy atom. The fourth-order valence-electron chi connectivity index (χ4n) is 2.83. The average Bonchev–Trinajstić information content (AvgIpc) is 2.43. The largest absolute Gasteiger partial charge is 0.466 e. The first-order valence-electron chi connectivity index (χ1n) is 7.49. The topological polar surface area (TPSA) is 95.9 Å². The van der Waals surface area contributed by atoms with Gasteiger partial charge in [-0.15, -0.1) is 0 Å². The van der Waals surface area contributed by atoms with Crippen LogP contribution in [0.4, 0.5) is 0 Å². The number of carbonyl (C=O) groups excluding carboxylic acids is 1. The molecule has 0 amide bonds. The zero-order valence-corrected chi connectivity index (χ0v) is 13.2. The molecule has 122 valence electrons. The summed E-state index contributed by atoms with van der Waals surface area (Å²) in [5.74, 6) is -0.458. The van der Waals surface area contributed by atoms with Crippen LogP contribution in [0.2, 0.25) is 0 Å². The van der Waals surface area contributed by atoms with Crippen LogP contribution >= 0.6 is 0 Å². The molecule has 0 spiro atoms. The maximum atomic E-state index is 12.3. The van der Waals surface area contributed by atoms with Crippen molar-refractivity contribution < 1.29 is 23.1 Å². The van der Waals surface area contributed by atoms with Crippen molar-refractivity contribution >= 4 is 16.2 Å². The molecule has 7 nitrogen and oxygen atoms in total. The van der Waals surface area contributed by atoms with E-state index < -0.39 is 15.7 Å². The molecule has 0 radical (unpaired) electrons. The maximum absolute atomic E-state index is 12.3. The lowest BCUT2D eigenvalue weighted by atomic mass is 9.78. The van der Waals surface area contributed by atoms with E-state index in [-0.39, 0.29) is 18.5 Å². The highest BCUT2D eigenvalue weighted by molar-refractivity contribution is 7.87. The number of piperidine rings is 1. The van der Waals surface area contributed by atoms with E-state index in [1.807, 2.05) is 0 Å². The first-order chi connectivity index (χ1) is 9.92. The Morgan fingerprint density at radius 1 is 1.38 bits per heavy atom. The molecule has 8 heteroatoms. The van der Waals surface area contributed by atoms with Crippen LogP contribution in [0.15, 0.2) is 0 Å². The van der Waals surface area contributed by atoms with Crippen molar-refractivity contribution in [2.45, 2.75) is 44.6 Å². The lowest BCUT2D eigenvalue weighted by Crippen LogP contribution is -2.60. The number of carbonyl (C=O) groups is 1. The van der Waals surface area contributed by atoms with E-state index in [0.29, 0.717) is 45.4 Å². The summed E-state index contributed by atoms with van der Waals surface area (Å²) in [6.45, 7) is 2.54. The van der Waals surface area contributed by atoms with Gasteiger partial charge in [-0.05, 0) is 39.0 Å². The molecule has 2 rings (SSSR count). The number of rotatable bonds is 6. The molecule has 1 saturated heterocycles. The molecule has 1 aliphatic heterocycles. The van der Waals surface area contributed by atoms with Crippen LogP contribution in [0.3, 0.4) is 0 Å². The van der Waals surface area contributed by atoms with Crippen LogP contribution in [0, 0.1) is 5.92 Å². The van der Waals surface area contributed by atoms with Gasteiger partial charge in [0.1, 0.15) is 0 Å². The third-order valence-corrected chi connectivity index (χ3v) is 6.11. The molecule has 21 heavy (non-hydrogen) atoms. The summed E-state index contributed by atoms with van der Waals surface area (Å²) in [6, 6.07) is 0. The first kappa shape index (κ1) is 16.7. The predicted molar refractivity (Wildman–Crippen MR) is 76.7 cm³/mol. The SMILES string of the molecule is CCOC(=O)C1CCN(S(=O)(=O)NC2(CO)CCC2)CC1. The molecule has 1 heterocycles. The number of nitrogens with one attached hydrogen (secondary N) is 1. The Hall–Kier alpha value is -0.700. The lowest BCUT2D eigenvalue weighted by Gasteiger charge is -2.42. The lowest BCUT2D eigenvalue weighted by molar-refractivity contribution is -0.149. The number of hydrogen-bond donors (Lipinski definition) is 2. The molecule has 0 bridgehead atoms. The van der Waals surface area contributed by atoms with Gasteiger partial charge in [0.2, 0.25) is 0 Å². The highest BCUT2D eigenvalue weighted by atomic mass is 32.2. The van der Waals surface area contributed by atoms with Crippen molar-refractivity contribution in [1.29, 1.82) is 0 Å². The minimum absolute atomic E-state index is 0.175. The van der Waals surface area contributed by atoms with Crippen LogP contribution < -0.4 is 4.72 Å². The van der Waals surface area contributed by atoms with Crippen molar-refractivity contribution in [1.82, 2.24) is 9.03 Å². The van der Waals surface area contributed by atoms with Gasteiger partial charge in [0, 0.05) is 13.1 Å². The monoisotopic (exact) mass is 320 g/mol. The van der Waals surface area contributed by atoms with Gasteiger partial charge >= 0.3 is 5.97 Å². The van der Waals surface area contributed by atoms with Crippen LogP contribution in [0.1, 0.15) is 39.0 Å². The van der Waals surface area contributed by atoms with Gasteiger partial charge in [-0.1, -0.05) is 0 Å². The fraction of sp³-hybridized carbons (Fsp3) is 0.923. The van der Waals surface area contributed by atoms with Gasteiger partial charge in [-0.3, -0.25) is 4.79 Å². The molecular formula is C13H24N2O5S. The summed E-state index contributed by atoms with van der Waals surface area (Å²) >= 11 is 0. The third kappa shape index (κ3) is 3.74. The van der Waals surface area contributed by atoms with E-state index in [1.165, 1.54) is 4.31 Å². The van der Waals surface area contributed by atoms with Gasteiger partial charge in [0.05, 0.1) is 24.7 Å². The molecule has 0 atom stereocenters. The first-order valence-corrected chi connectivity index (χ1v) is 8.93. The van der Waals surface area contributed by atoms with Gasteiger partial charge in [0.15, 0.2) is 0 Å². The maximum Gasteiger partial charge on any atom is 0.309 e. The van der Waals surface area contributed by atoms with E-state index in [9.17, 15) is 18.3 Å². The van der Waals surface area contributed by atoms with Crippen LogP contribution in [0.5, 0.6) is 0 Å². The van der Waals surface area contributed by atoms with Crippen molar-refractivity contribution in [3.63, 3.8) is 0 Å². The van der Waals surface area contributed by atoms with E-state index >= 15 is 0 Å². The number of aliphatic hydroxyl groups excluding tert-OH is 1. The minimum atomic E-state index is -3.60. The highest BCUT2D eigenvalue weighted by Crippen LogP contribution is 2.32. The number of hydrogen-bond acceptors (Lipinski definition) is 5. The van der Waals surface area contributed by atoms with E-state index in [4.69, 9.17) is 4.74 Å². The van der Waals surface area contributed by atoms with Crippen LogP contribution in [0.25, 0.3) is 0 Å². The van der Waals surface area contributed by atoms with Gasteiger partial charge in [-0.2, -0.15) is 17.4 Å². The van der Waals surface area contributed by atoms with E-state index in [0.717, 1.165) is 6.42 Å². The quantitative estimate of drug-likeness (QED) is 0.672. The molecule has 2 aliphatic rings. The second kappa shape index (κ2) is 6.60. The van der Waals surface area contributed by atoms with Crippen molar-refractivity contribution in [3.05, 3.63) is 0 Å². The number of nitrogens with zero attached hydrogens (tertiary/aromatic N) is 1. The van der Waals surface area contributed by atoms with Gasteiger partial charge in [0.25, 0.3) is 10.2 Å². The molecule has 0 unspecified atom stereocenters. The zero-order valence-electron chi connectivity index (χ0n) is 12.4. The second-order valence-electron chi connectivity index (χ2n) is 5.82. The third-order valence-electron chi connectivity index (χ3n) is 4.37. The fourth-order valence-corrected chi connectivity index (χ4v) is 4.46. The molecule has 2 fully saturated rings.